The molecule has 12 atom stereocenters. The van der Waals surface area contributed by atoms with Crippen molar-refractivity contribution >= 4 is 76.4 Å². The van der Waals surface area contributed by atoms with E-state index in [-0.39, 0.29) is 5.75 Å². The molecule has 1 saturated carbocycles. The summed E-state index contributed by atoms with van der Waals surface area (Å²) in [5, 5.41) is 4.45. The second-order valence-corrected chi connectivity index (χ2v) is 14.3. The molecule has 1 aliphatic heterocycles. The van der Waals surface area contributed by atoms with Crippen molar-refractivity contribution in [3.05, 3.63) is 0 Å². The summed E-state index contributed by atoms with van der Waals surface area (Å²) in [6.45, 7) is 9.22. The van der Waals surface area contributed by atoms with Crippen LogP contribution in [-0.4, -0.2) is 150 Å². The largest absolute Gasteiger partial charge is 0.463 e. The summed E-state index contributed by atoms with van der Waals surface area (Å²) < 4.78 is 56.1. The highest BCUT2D eigenvalue weighted by Gasteiger charge is 2.62. The van der Waals surface area contributed by atoms with Crippen molar-refractivity contribution in [2.24, 2.45) is 0 Å². The number of hydrogen-bond acceptors (Lipinski definition) is 22. The van der Waals surface area contributed by atoms with E-state index in [0.29, 0.717) is 11.8 Å². The number of hydrogen-bond donors (Lipinski definition) is 2. The number of carbonyl (C=O) groups excluding carboxylic acids is 11. The molecule has 2 aliphatic rings. The zero-order valence-electron chi connectivity index (χ0n) is 33.8. The van der Waals surface area contributed by atoms with Gasteiger partial charge in [-0.2, -0.15) is 0 Å². The molecule has 2 N–H and O–H groups in total. The fourth-order valence-corrected chi connectivity index (χ4v) is 6.76. The first-order valence-electron chi connectivity index (χ1n) is 17.8. The minimum atomic E-state index is -2.06. The van der Waals surface area contributed by atoms with Crippen LogP contribution in [-0.2, 0) is 100 Å². The van der Waals surface area contributed by atoms with Crippen molar-refractivity contribution in [1.29, 1.82) is 0 Å². The first-order chi connectivity index (χ1) is 27.4. The summed E-state index contributed by atoms with van der Waals surface area (Å²) >= 11 is 0.662. The number of nitrogens with one attached hydrogen (secondary N) is 2. The first kappa shape index (κ1) is 49.8. The van der Waals surface area contributed by atoms with Gasteiger partial charge in [0, 0.05) is 75.0 Å². The van der Waals surface area contributed by atoms with Crippen molar-refractivity contribution in [1.82, 2.24) is 10.6 Å². The number of esters is 8. The van der Waals surface area contributed by atoms with E-state index >= 15 is 0 Å². The quantitative estimate of drug-likeness (QED) is 0.131. The summed E-state index contributed by atoms with van der Waals surface area (Å²) in [4.78, 5) is 138. The monoisotopic (exact) mass is 864 g/mol. The molecule has 0 aromatic carbocycles. The molecule has 24 heteroatoms. The summed E-state index contributed by atoms with van der Waals surface area (Å²) in [5.41, 5.74) is 0. The number of carbonyl (C=O) groups is 11. The molecule has 0 aromatic rings. The van der Waals surface area contributed by atoms with Crippen LogP contribution in [0.25, 0.3) is 0 Å². The minimum absolute atomic E-state index is 0.322. The number of thioether (sulfide) groups is 1. The Morgan fingerprint density at radius 3 is 1.24 bits per heavy atom. The molecule has 0 spiro atoms. The van der Waals surface area contributed by atoms with Gasteiger partial charge >= 0.3 is 47.8 Å². The van der Waals surface area contributed by atoms with E-state index in [1.165, 1.54) is 6.92 Å². The molecule has 2 rings (SSSR count). The second-order valence-electron chi connectivity index (χ2n) is 13.1. The smallest absolute Gasteiger partial charge is 0.303 e. The van der Waals surface area contributed by atoms with Crippen molar-refractivity contribution in [2.45, 2.75) is 143 Å². The highest BCUT2D eigenvalue weighted by Crippen LogP contribution is 2.37. The topological polar surface area (TPSA) is 304 Å². The maximum atomic E-state index is 14.0. The van der Waals surface area contributed by atoms with Gasteiger partial charge in [-0.15, -0.1) is 0 Å². The molecule has 0 aromatic heterocycles. The van der Waals surface area contributed by atoms with Crippen molar-refractivity contribution in [3.63, 3.8) is 0 Å². The summed E-state index contributed by atoms with van der Waals surface area (Å²) in [6, 6.07) is -3.31. The van der Waals surface area contributed by atoms with Gasteiger partial charge in [0.1, 0.15) is 30.9 Å². The highest BCUT2D eigenvalue weighted by molar-refractivity contribution is 8.13. The molecular formula is C35H48N2O21S. The van der Waals surface area contributed by atoms with E-state index in [9.17, 15) is 52.7 Å². The predicted molar refractivity (Wildman–Crippen MR) is 192 cm³/mol. The van der Waals surface area contributed by atoms with E-state index < -0.39 is 145 Å². The van der Waals surface area contributed by atoms with E-state index in [2.05, 4.69) is 10.6 Å². The van der Waals surface area contributed by atoms with Crippen molar-refractivity contribution in [3.8, 4) is 0 Å². The normalized spacial score (nSPS) is 27.9. The van der Waals surface area contributed by atoms with Crippen LogP contribution in [0.5, 0.6) is 0 Å². The molecule has 1 saturated heterocycles. The highest BCUT2D eigenvalue weighted by atomic mass is 32.2. The lowest BCUT2D eigenvalue weighted by Gasteiger charge is -2.50. The van der Waals surface area contributed by atoms with Crippen LogP contribution in [0.4, 0.5) is 0 Å². The van der Waals surface area contributed by atoms with Crippen LogP contribution in [0, 0.1) is 0 Å². The molecule has 2 fully saturated rings. The standard InChI is InChI=1S/C35H48N2O21S/c1-13(38)36-23(12-59-22(10)47)34(48)37-25-27(51-16(4)41)26(50-15(3)40)24(11-49-14(2)39)57-35(25)58-33-31(55-20(8)45)29(53-18(6)43)28(52-17(5)42)30(54-19(7)44)32(33)56-21(9)46/h23-33,35H,11-12H2,1-10H3,(H,36,38)(H,37,48)/t23-,24+,25+,26+,27+,28?,29-,30+,31+,32+,33?,35+/m0/s1. The van der Waals surface area contributed by atoms with Crippen LogP contribution < -0.4 is 10.6 Å². The van der Waals surface area contributed by atoms with E-state index in [1.54, 1.807) is 0 Å². The SMILES string of the molecule is CC(=O)N[C@@H](CSC(C)=O)C(=O)N[C@H]1[C@@H](OC2[C@H](OC(C)=O)[C@H](OC(C)=O)C(OC(C)=O)[C@H](OC(C)=O)[C@H]2OC(C)=O)O[C@H](COC(C)=O)[C@@H](OC(C)=O)[C@@H]1OC(C)=O. The molecule has 330 valence electrons. The molecule has 59 heavy (non-hydrogen) atoms. The van der Waals surface area contributed by atoms with Gasteiger partial charge in [-0.1, -0.05) is 11.8 Å². The number of ether oxygens (including phenoxy) is 10. The molecule has 23 nitrogen and oxygen atoms in total. The first-order valence-corrected chi connectivity index (χ1v) is 18.8. The Kier molecular flexibility index (Phi) is 19.2. The summed E-state index contributed by atoms with van der Waals surface area (Å²) in [7, 11) is 0. The molecule has 1 aliphatic carbocycles. The third-order valence-electron chi connectivity index (χ3n) is 7.90. The average Bonchev–Trinajstić information content (AvgIpc) is 3.07. The lowest BCUT2D eigenvalue weighted by atomic mass is 9.83. The summed E-state index contributed by atoms with van der Waals surface area (Å²) in [6.07, 6.45) is -18.7. The van der Waals surface area contributed by atoms with E-state index in [1.807, 2.05) is 0 Å². The molecule has 0 radical (unpaired) electrons. The molecule has 1 heterocycles. The Balaban J connectivity index is 3.02. The van der Waals surface area contributed by atoms with Gasteiger partial charge in [0.25, 0.3) is 0 Å². The van der Waals surface area contributed by atoms with Gasteiger partial charge in [0.05, 0.1) is 0 Å². The van der Waals surface area contributed by atoms with E-state index in [4.69, 9.17) is 47.4 Å². The van der Waals surface area contributed by atoms with Crippen LogP contribution in [0.15, 0.2) is 0 Å². The Bertz CT molecular complexity index is 1590. The average molecular weight is 865 g/mol. The Morgan fingerprint density at radius 1 is 0.508 bits per heavy atom. The zero-order valence-corrected chi connectivity index (χ0v) is 34.6. The van der Waals surface area contributed by atoms with Gasteiger partial charge in [0.15, 0.2) is 54.1 Å². The van der Waals surface area contributed by atoms with Crippen molar-refractivity contribution < 1.29 is 100 Å². The molecule has 0 bridgehead atoms. The van der Waals surface area contributed by atoms with Gasteiger partial charge in [0.2, 0.25) is 11.8 Å². The van der Waals surface area contributed by atoms with Gasteiger partial charge < -0.3 is 58.0 Å². The maximum Gasteiger partial charge on any atom is 0.303 e. The number of rotatable bonds is 16. The lowest BCUT2D eigenvalue weighted by molar-refractivity contribution is -0.324. The minimum Gasteiger partial charge on any atom is -0.463 e. The fraction of sp³-hybridized carbons (Fsp3) is 0.686. The predicted octanol–water partition coefficient (Wildman–Crippen LogP) is -1.54. The van der Waals surface area contributed by atoms with Gasteiger partial charge in [-0.05, 0) is 0 Å². The Morgan fingerprint density at radius 2 is 0.881 bits per heavy atom. The van der Waals surface area contributed by atoms with Gasteiger partial charge in [-0.3, -0.25) is 52.7 Å². The molecule has 2 amide bonds. The van der Waals surface area contributed by atoms with Crippen LogP contribution in [0.2, 0.25) is 0 Å². The third-order valence-corrected chi connectivity index (χ3v) is 8.81. The third kappa shape index (κ3) is 15.7. The Labute approximate surface area is 341 Å². The van der Waals surface area contributed by atoms with Crippen LogP contribution >= 0.6 is 11.8 Å². The van der Waals surface area contributed by atoms with Crippen LogP contribution in [0.1, 0.15) is 69.2 Å². The fourth-order valence-electron chi connectivity index (χ4n) is 6.13. The maximum absolute atomic E-state index is 14.0. The Hall–Kier alpha value is -5.36. The van der Waals surface area contributed by atoms with Gasteiger partial charge in [-0.25, -0.2) is 0 Å². The lowest BCUT2D eigenvalue weighted by Crippen LogP contribution is -2.72. The van der Waals surface area contributed by atoms with Crippen LogP contribution in [0.3, 0.4) is 0 Å². The molecular weight excluding hydrogens is 816 g/mol. The zero-order chi connectivity index (χ0) is 44.9. The van der Waals surface area contributed by atoms with Crippen molar-refractivity contribution in [2.75, 3.05) is 12.4 Å². The molecule has 2 unspecified atom stereocenters. The summed E-state index contributed by atoms with van der Waals surface area (Å²) in [5.74, 6) is -10.1. The van der Waals surface area contributed by atoms with E-state index in [0.717, 1.165) is 62.3 Å². The second kappa shape index (κ2) is 22.7. The number of amides is 2.